The Morgan fingerprint density at radius 2 is 1.48 bits per heavy atom. The van der Waals surface area contributed by atoms with Crippen molar-refractivity contribution in [3.05, 3.63) is 73.3 Å². The van der Waals surface area contributed by atoms with Gasteiger partial charge in [-0.05, 0) is 21.8 Å². The van der Waals surface area contributed by atoms with E-state index in [2.05, 4.69) is 75.9 Å². The van der Waals surface area contributed by atoms with E-state index in [9.17, 15) is 4.79 Å². The number of hydrogen-bond acceptors (Lipinski definition) is 2. The molecule has 0 bridgehead atoms. The minimum Gasteiger partial charge on any atom is -0.400 e. The van der Waals surface area contributed by atoms with Gasteiger partial charge in [-0.15, -0.1) is 6.58 Å². The van der Waals surface area contributed by atoms with E-state index < -0.39 is 8.32 Å². The van der Waals surface area contributed by atoms with Crippen LogP contribution in [0.1, 0.15) is 33.6 Å². The molecule has 2 aromatic carbocycles. The molecule has 0 N–H and O–H groups in total. The van der Waals surface area contributed by atoms with E-state index in [1.54, 1.807) is 6.08 Å². The van der Waals surface area contributed by atoms with Crippen molar-refractivity contribution in [2.45, 2.75) is 38.7 Å². The van der Waals surface area contributed by atoms with Crippen LogP contribution in [0.25, 0.3) is 0 Å². The highest BCUT2D eigenvalue weighted by Crippen LogP contribution is 2.36. The summed E-state index contributed by atoms with van der Waals surface area (Å²) in [6, 6.07) is 20.8. The molecule has 132 valence electrons. The molecule has 0 aliphatic rings. The van der Waals surface area contributed by atoms with Gasteiger partial charge in [0.25, 0.3) is 8.32 Å². The summed E-state index contributed by atoms with van der Waals surface area (Å²) in [4.78, 5) is 12.3. The van der Waals surface area contributed by atoms with Crippen LogP contribution in [0.2, 0.25) is 5.04 Å². The SMILES string of the molecule is C=CCCC(=O)CO[Si](c1ccccc1)(c1ccccc1)C(C)(C)C. The van der Waals surface area contributed by atoms with Gasteiger partial charge in [0.15, 0.2) is 5.78 Å². The molecule has 0 spiro atoms. The van der Waals surface area contributed by atoms with E-state index in [0.29, 0.717) is 12.8 Å². The number of rotatable bonds is 8. The summed E-state index contributed by atoms with van der Waals surface area (Å²) < 4.78 is 6.58. The van der Waals surface area contributed by atoms with E-state index in [0.717, 1.165) is 0 Å². The van der Waals surface area contributed by atoms with Gasteiger partial charge in [0.05, 0.1) is 6.61 Å². The molecular formula is C22H28O2Si. The van der Waals surface area contributed by atoms with Crippen molar-refractivity contribution in [1.82, 2.24) is 0 Å². The minimum absolute atomic E-state index is 0.103. The maximum atomic E-state index is 12.3. The maximum Gasteiger partial charge on any atom is 0.261 e. The van der Waals surface area contributed by atoms with Gasteiger partial charge < -0.3 is 4.43 Å². The van der Waals surface area contributed by atoms with Crippen LogP contribution >= 0.6 is 0 Å². The van der Waals surface area contributed by atoms with E-state index >= 15 is 0 Å². The predicted molar refractivity (Wildman–Crippen MR) is 108 cm³/mol. The number of carbonyl (C=O) groups excluding carboxylic acids is 1. The lowest BCUT2D eigenvalue weighted by Gasteiger charge is -2.42. The van der Waals surface area contributed by atoms with Crippen molar-refractivity contribution in [3.63, 3.8) is 0 Å². The second-order valence-corrected chi connectivity index (χ2v) is 11.6. The summed E-state index contributed by atoms with van der Waals surface area (Å²) in [5.41, 5.74) is 0. The van der Waals surface area contributed by atoms with Gasteiger partial charge in [-0.25, -0.2) is 0 Å². The van der Waals surface area contributed by atoms with Crippen LogP contribution in [0.15, 0.2) is 73.3 Å². The van der Waals surface area contributed by atoms with E-state index in [1.807, 2.05) is 12.1 Å². The molecule has 2 aromatic rings. The first kappa shape index (κ1) is 19.4. The van der Waals surface area contributed by atoms with Gasteiger partial charge in [0.1, 0.15) is 0 Å². The highest BCUT2D eigenvalue weighted by Gasteiger charge is 2.50. The highest BCUT2D eigenvalue weighted by molar-refractivity contribution is 6.99. The summed E-state index contributed by atoms with van der Waals surface area (Å²) in [7, 11) is -2.60. The summed E-state index contributed by atoms with van der Waals surface area (Å²) in [6.07, 6.45) is 2.96. The Hall–Kier alpha value is -1.97. The number of benzene rings is 2. The van der Waals surface area contributed by atoms with Gasteiger partial charge in [0.2, 0.25) is 0 Å². The van der Waals surface area contributed by atoms with Crippen molar-refractivity contribution in [3.8, 4) is 0 Å². The van der Waals surface area contributed by atoms with Gasteiger partial charge >= 0.3 is 0 Å². The number of ketones is 1. The van der Waals surface area contributed by atoms with Crippen molar-refractivity contribution in [2.24, 2.45) is 0 Å². The molecule has 0 heterocycles. The molecule has 0 atom stereocenters. The molecule has 0 aromatic heterocycles. The lowest BCUT2D eigenvalue weighted by atomic mass is 10.2. The molecule has 0 saturated carbocycles. The zero-order chi connectivity index (χ0) is 18.3. The standard InChI is InChI=1S/C22H28O2Si/c1-5-6-13-19(23)18-24-25(22(2,3)4,20-14-9-7-10-15-20)21-16-11-8-12-17-21/h5,7-12,14-17H,1,6,13,18H2,2-4H3. The summed E-state index contributed by atoms with van der Waals surface area (Å²) in [6.45, 7) is 10.5. The number of Topliss-reactive ketones (excluding diaryl/α,β-unsaturated/α-hetero) is 1. The van der Waals surface area contributed by atoms with Crippen LogP contribution < -0.4 is 10.4 Å². The molecule has 0 amide bonds. The molecular weight excluding hydrogens is 324 g/mol. The highest BCUT2D eigenvalue weighted by atomic mass is 28.4. The minimum atomic E-state index is -2.60. The Morgan fingerprint density at radius 3 is 1.88 bits per heavy atom. The van der Waals surface area contributed by atoms with Crippen LogP contribution in [0, 0.1) is 0 Å². The largest absolute Gasteiger partial charge is 0.400 e. The molecule has 3 heteroatoms. The number of hydrogen-bond donors (Lipinski definition) is 0. The van der Waals surface area contributed by atoms with Gasteiger partial charge in [-0.3, -0.25) is 4.79 Å². The first-order valence-corrected chi connectivity index (χ1v) is 10.7. The molecule has 0 aliphatic heterocycles. The first-order chi connectivity index (χ1) is 11.9. The Bertz CT molecular complexity index is 647. The molecule has 2 nitrogen and oxygen atoms in total. The van der Waals surface area contributed by atoms with Gasteiger partial charge in [0, 0.05) is 6.42 Å². The molecule has 0 radical (unpaired) electrons. The van der Waals surface area contributed by atoms with Crippen LogP contribution in [-0.2, 0) is 9.22 Å². The van der Waals surface area contributed by atoms with Gasteiger partial charge in [-0.2, -0.15) is 0 Å². The second kappa shape index (κ2) is 8.41. The normalized spacial score (nSPS) is 12.0. The Kier molecular flexibility index (Phi) is 6.51. The van der Waals surface area contributed by atoms with Crippen molar-refractivity contribution in [1.29, 1.82) is 0 Å². The lowest BCUT2D eigenvalue weighted by Crippen LogP contribution is -2.67. The molecule has 0 fully saturated rings. The second-order valence-electron chi connectivity index (χ2n) is 7.32. The fourth-order valence-electron chi connectivity index (χ4n) is 3.29. The average molecular weight is 353 g/mol. The van der Waals surface area contributed by atoms with E-state index in [1.165, 1.54) is 10.4 Å². The third-order valence-electron chi connectivity index (χ3n) is 4.49. The zero-order valence-corrected chi connectivity index (χ0v) is 16.5. The molecule has 25 heavy (non-hydrogen) atoms. The molecule has 0 unspecified atom stereocenters. The van der Waals surface area contributed by atoms with Crippen LogP contribution in [0.3, 0.4) is 0 Å². The van der Waals surface area contributed by atoms with E-state index in [-0.39, 0.29) is 17.4 Å². The smallest absolute Gasteiger partial charge is 0.261 e. The lowest BCUT2D eigenvalue weighted by molar-refractivity contribution is -0.121. The fraction of sp³-hybridized carbons (Fsp3) is 0.318. The Labute approximate surface area is 152 Å². The van der Waals surface area contributed by atoms with Crippen molar-refractivity contribution in [2.75, 3.05) is 6.61 Å². The zero-order valence-electron chi connectivity index (χ0n) is 15.5. The fourth-order valence-corrected chi connectivity index (χ4v) is 7.82. The Balaban J connectivity index is 2.49. The maximum absolute atomic E-state index is 12.3. The number of carbonyl (C=O) groups is 1. The molecule has 0 saturated heterocycles. The average Bonchev–Trinajstić information content (AvgIpc) is 2.61. The molecule has 2 rings (SSSR count). The van der Waals surface area contributed by atoms with Gasteiger partial charge in [-0.1, -0.05) is 87.5 Å². The topological polar surface area (TPSA) is 26.3 Å². The summed E-state index contributed by atoms with van der Waals surface area (Å²) in [5.74, 6) is 0.132. The number of allylic oxidation sites excluding steroid dienone is 1. The van der Waals surface area contributed by atoms with E-state index in [4.69, 9.17) is 4.43 Å². The summed E-state index contributed by atoms with van der Waals surface area (Å²) in [5, 5.41) is 2.30. The first-order valence-electron chi connectivity index (χ1n) is 8.79. The third kappa shape index (κ3) is 4.36. The van der Waals surface area contributed by atoms with Crippen molar-refractivity contribution >= 4 is 24.5 Å². The molecule has 0 aliphatic carbocycles. The Morgan fingerprint density at radius 1 is 1.00 bits per heavy atom. The predicted octanol–water partition coefficient (Wildman–Crippen LogP) is 4.10. The van der Waals surface area contributed by atoms with Crippen LogP contribution in [-0.4, -0.2) is 20.7 Å². The monoisotopic (exact) mass is 352 g/mol. The van der Waals surface area contributed by atoms with Crippen LogP contribution in [0.5, 0.6) is 0 Å². The van der Waals surface area contributed by atoms with Crippen molar-refractivity contribution < 1.29 is 9.22 Å². The van der Waals surface area contributed by atoms with Crippen LogP contribution in [0.4, 0.5) is 0 Å². The quantitative estimate of drug-likeness (QED) is 0.528. The summed E-state index contributed by atoms with van der Waals surface area (Å²) >= 11 is 0. The third-order valence-corrected chi connectivity index (χ3v) is 9.48.